The van der Waals surface area contributed by atoms with Crippen LogP contribution in [0.5, 0.6) is 0 Å². The normalized spacial score (nSPS) is 29.4. The van der Waals surface area contributed by atoms with Crippen LogP contribution in [0.15, 0.2) is 30.0 Å². The summed E-state index contributed by atoms with van der Waals surface area (Å²) in [6.45, 7) is 0. The van der Waals surface area contributed by atoms with Gasteiger partial charge in [-0.1, -0.05) is 6.08 Å². The highest BCUT2D eigenvalue weighted by molar-refractivity contribution is 6.00. The van der Waals surface area contributed by atoms with E-state index in [1.807, 2.05) is 18.2 Å². The van der Waals surface area contributed by atoms with Crippen molar-refractivity contribution < 1.29 is 0 Å². The van der Waals surface area contributed by atoms with Crippen molar-refractivity contribution >= 4 is 5.71 Å². The van der Waals surface area contributed by atoms with Crippen LogP contribution < -0.4 is 0 Å². The molecule has 108 valence electrons. The van der Waals surface area contributed by atoms with Gasteiger partial charge < -0.3 is 10.4 Å². The Morgan fingerprint density at radius 2 is 2.05 bits per heavy atom. The van der Waals surface area contributed by atoms with Crippen LogP contribution >= 0.6 is 0 Å². The van der Waals surface area contributed by atoms with Crippen molar-refractivity contribution in [2.75, 3.05) is 0 Å². The molecule has 1 saturated carbocycles. The molecular formula is C17H15N5. The van der Waals surface area contributed by atoms with Crippen LogP contribution in [0.25, 0.3) is 0 Å². The lowest BCUT2D eigenvalue weighted by Crippen LogP contribution is -2.48. The zero-order valence-corrected chi connectivity index (χ0v) is 12.0. The molecule has 1 fully saturated rings. The van der Waals surface area contributed by atoms with Gasteiger partial charge in [-0.25, -0.2) is 0 Å². The van der Waals surface area contributed by atoms with Crippen molar-refractivity contribution in [1.82, 2.24) is 4.98 Å². The number of hydrogen-bond donors (Lipinski definition) is 2. The van der Waals surface area contributed by atoms with Crippen LogP contribution in [0, 0.1) is 56.7 Å². The standard InChI is InChI=1S/C17H15N5/c18-8-13-11-4-1-2-5-12(11)15(14-6-3-7-22-14)17(9-19,10-20)16(13)21/h3-4,6-7,12-13,15,21-22H,1-2,5H2/t12-,13-,15-/m0/s1. The third-order valence-electron chi connectivity index (χ3n) is 4.88. The lowest BCUT2D eigenvalue weighted by molar-refractivity contribution is 0.315. The van der Waals surface area contributed by atoms with Crippen molar-refractivity contribution in [2.45, 2.75) is 25.2 Å². The number of hydrogen-bond acceptors (Lipinski definition) is 4. The fourth-order valence-electron chi connectivity index (χ4n) is 3.89. The number of aromatic amines is 1. The molecule has 2 N–H and O–H groups in total. The van der Waals surface area contributed by atoms with E-state index in [1.54, 1.807) is 6.20 Å². The van der Waals surface area contributed by atoms with Gasteiger partial charge in [0.1, 0.15) is 5.92 Å². The van der Waals surface area contributed by atoms with Gasteiger partial charge in [0.15, 0.2) is 5.41 Å². The number of nitrogens with one attached hydrogen (secondary N) is 2. The molecule has 3 rings (SSSR count). The number of nitrogens with zero attached hydrogens (tertiary/aromatic N) is 3. The minimum absolute atomic E-state index is 0.0366. The topological polar surface area (TPSA) is 111 Å². The lowest BCUT2D eigenvalue weighted by Gasteiger charge is -2.45. The predicted octanol–water partition coefficient (Wildman–Crippen LogP) is 3.03. The molecule has 0 amide bonds. The maximum atomic E-state index is 9.73. The summed E-state index contributed by atoms with van der Waals surface area (Å²) in [5, 5.41) is 37.3. The minimum atomic E-state index is -1.58. The monoisotopic (exact) mass is 289 g/mol. The molecule has 0 aromatic carbocycles. The molecule has 0 bridgehead atoms. The third-order valence-corrected chi connectivity index (χ3v) is 4.88. The van der Waals surface area contributed by atoms with Crippen LogP contribution in [0.4, 0.5) is 0 Å². The van der Waals surface area contributed by atoms with E-state index in [4.69, 9.17) is 5.41 Å². The average molecular weight is 289 g/mol. The highest BCUT2D eigenvalue weighted by Gasteiger charge is 2.57. The highest BCUT2D eigenvalue weighted by Crippen LogP contribution is 2.54. The second-order valence-electron chi connectivity index (χ2n) is 5.85. The van der Waals surface area contributed by atoms with Crippen LogP contribution in [0.3, 0.4) is 0 Å². The molecule has 5 nitrogen and oxygen atoms in total. The smallest absolute Gasteiger partial charge is 0.191 e. The molecule has 1 aromatic rings. The Bertz CT molecular complexity index is 736. The van der Waals surface area contributed by atoms with Crippen LogP contribution in [0.1, 0.15) is 30.9 Å². The zero-order valence-electron chi connectivity index (χ0n) is 12.0. The number of rotatable bonds is 1. The Kier molecular flexibility index (Phi) is 3.32. The number of allylic oxidation sites excluding steroid dienone is 2. The first-order valence-electron chi connectivity index (χ1n) is 7.34. The van der Waals surface area contributed by atoms with Gasteiger partial charge in [0, 0.05) is 17.8 Å². The van der Waals surface area contributed by atoms with Gasteiger partial charge in [-0.3, -0.25) is 0 Å². The first-order chi connectivity index (χ1) is 10.7. The summed E-state index contributed by atoms with van der Waals surface area (Å²) in [5.41, 5.74) is 0.0513. The quantitative estimate of drug-likeness (QED) is 0.775. The molecule has 0 saturated heterocycles. The SMILES string of the molecule is N#C[C@@H]1C(=N)C(C#N)(C#N)[C@H](c2ccc[nH]2)[C@H]2CCCC=C12. The minimum Gasteiger partial charge on any atom is -0.365 e. The molecule has 0 radical (unpaired) electrons. The van der Waals surface area contributed by atoms with Crippen molar-refractivity contribution in [3.8, 4) is 18.2 Å². The first kappa shape index (κ1) is 14.1. The van der Waals surface area contributed by atoms with Crippen molar-refractivity contribution in [3.05, 3.63) is 35.7 Å². The van der Waals surface area contributed by atoms with E-state index >= 15 is 0 Å². The van der Waals surface area contributed by atoms with E-state index in [1.165, 1.54) is 0 Å². The van der Waals surface area contributed by atoms with Gasteiger partial charge in [-0.15, -0.1) is 0 Å². The van der Waals surface area contributed by atoms with E-state index in [0.717, 1.165) is 30.5 Å². The van der Waals surface area contributed by atoms with Gasteiger partial charge in [0.25, 0.3) is 0 Å². The van der Waals surface area contributed by atoms with E-state index in [9.17, 15) is 15.8 Å². The summed E-state index contributed by atoms with van der Waals surface area (Å²) in [5.74, 6) is -1.21. The number of H-pyrrole nitrogens is 1. The first-order valence-corrected chi connectivity index (χ1v) is 7.34. The largest absolute Gasteiger partial charge is 0.365 e. The molecule has 3 atom stereocenters. The van der Waals surface area contributed by atoms with Crippen LogP contribution in [0.2, 0.25) is 0 Å². The molecule has 0 aliphatic heterocycles. The van der Waals surface area contributed by atoms with Gasteiger partial charge in [0.2, 0.25) is 0 Å². The Labute approximate surface area is 129 Å². The summed E-state index contributed by atoms with van der Waals surface area (Å²) in [6, 6.07) is 9.97. The lowest BCUT2D eigenvalue weighted by atomic mass is 9.54. The van der Waals surface area contributed by atoms with Crippen molar-refractivity contribution in [2.24, 2.45) is 17.3 Å². The van der Waals surface area contributed by atoms with Gasteiger partial charge >= 0.3 is 0 Å². The highest BCUT2D eigenvalue weighted by atomic mass is 14.7. The van der Waals surface area contributed by atoms with Crippen LogP contribution in [-0.4, -0.2) is 10.7 Å². The Morgan fingerprint density at radius 1 is 1.27 bits per heavy atom. The molecule has 1 aromatic heterocycles. The zero-order chi connectivity index (χ0) is 15.7. The molecule has 1 heterocycles. The fourth-order valence-corrected chi connectivity index (χ4v) is 3.89. The van der Waals surface area contributed by atoms with Crippen molar-refractivity contribution in [1.29, 1.82) is 21.2 Å². The summed E-state index contributed by atoms with van der Waals surface area (Å²) in [6.07, 6.45) is 6.50. The average Bonchev–Trinajstić information content (AvgIpc) is 3.08. The van der Waals surface area contributed by atoms with Gasteiger partial charge in [0.05, 0.1) is 23.9 Å². The number of aromatic nitrogens is 1. The Balaban J connectivity index is 2.25. The molecule has 5 heteroatoms. The second-order valence-corrected chi connectivity index (χ2v) is 5.85. The van der Waals surface area contributed by atoms with E-state index < -0.39 is 17.3 Å². The predicted molar refractivity (Wildman–Crippen MR) is 79.4 cm³/mol. The number of nitriles is 3. The van der Waals surface area contributed by atoms with E-state index in [-0.39, 0.29) is 11.6 Å². The maximum absolute atomic E-state index is 9.73. The molecule has 0 spiro atoms. The van der Waals surface area contributed by atoms with Gasteiger partial charge in [-0.2, -0.15) is 15.8 Å². The summed E-state index contributed by atoms with van der Waals surface area (Å²) in [7, 11) is 0. The maximum Gasteiger partial charge on any atom is 0.191 e. The Morgan fingerprint density at radius 3 is 2.64 bits per heavy atom. The van der Waals surface area contributed by atoms with E-state index in [2.05, 4.69) is 23.2 Å². The van der Waals surface area contributed by atoms with Crippen LogP contribution in [-0.2, 0) is 0 Å². The summed E-state index contributed by atoms with van der Waals surface area (Å²) < 4.78 is 0. The van der Waals surface area contributed by atoms with E-state index in [0.29, 0.717) is 0 Å². The molecule has 22 heavy (non-hydrogen) atoms. The molecule has 2 aliphatic carbocycles. The Hall–Kier alpha value is -2.84. The summed E-state index contributed by atoms with van der Waals surface area (Å²) in [4.78, 5) is 3.11. The molecular weight excluding hydrogens is 274 g/mol. The molecule has 2 aliphatic rings. The van der Waals surface area contributed by atoms with Crippen molar-refractivity contribution in [3.63, 3.8) is 0 Å². The fraction of sp³-hybridized carbons (Fsp3) is 0.412. The second kappa shape index (κ2) is 5.17. The third kappa shape index (κ3) is 1.71. The van der Waals surface area contributed by atoms with Gasteiger partial charge in [-0.05, 0) is 42.9 Å². The molecule has 0 unspecified atom stereocenters. The summed E-state index contributed by atoms with van der Waals surface area (Å²) >= 11 is 0. The number of fused-ring (bicyclic) bond motifs is 1.